The van der Waals surface area contributed by atoms with E-state index in [4.69, 9.17) is 24.7 Å². The van der Waals surface area contributed by atoms with E-state index in [1.807, 2.05) is 24.3 Å². The predicted molar refractivity (Wildman–Crippen MR) is 239 cm³/mol. The molecule has 20 atom stereocenters. The van der Waals surface area contributed by atoms with Gasteiger partial charge >= 0.3 is 11.9 Å². The van der Waals surface area contributed by atoms with Gasteiger partial charge in [0.1, 0.15) is 18.1 Å². The molecule has 378 valence electrons. The summed E-state index contributed by atoms with van der Waals surface area (Å²) in [6.07, 6.45) is -2.96. The molecule has 0 spiro atoms. The summed E-state index contributed by atoms with van der Waals surface area (Å²) < 4.78 is 23.1. The number of rotatable bonds is 3. The molecule has 3 aliphatic rings. The summed E-state index contributed by atoms with van der Waals surface area (Å²) in [7, 11) is 0. The number of cyclic esters (lactones) is 1. The van der Waals surface area contributed by atoms with E-state index in [2.05, 4.69) is 0 Å². The third-order valence-electron chi connectivity index (χ3n) is 12.7. The van der Waals surface area contributed by atoms with Crippen molar-refractivity contribution in [3.63, 3.8) is 0 Å². The van der Waals surface area contributed by atoms with Crippen molar-refractivity contribution in [2.24, 2.45) is 23.5 Å². The minimum atomic E-state index is -2.36. The van der Waals surface area contributed by atoms with Crippen molar-refractivity contribution in [2.45, 2.75) is 202 Å². The number of esters is 1. The largest absolute Gasteiger partial charge is 0.481 e. The van der Waals surface area contributed by atoms with Crippen molar-refractivity contribution < 1.29 is 89.8 Å². The molecule has 19 heteroatoms. The molecule has 0 aromatic carbocycles. The van der Waals surface area contributed by atoms with Crippen molar-refractivity contribution in [1.29, 1.82) is 0 Å². The standard InChI is InChI=1S/C47H77NO18/c1-26-28(3)63-39(56)22-32(51)21-31(50)20-30(49)18-19-35(53)36(54)24-47(62)25-37(55)40(45(60)61)38(66-47)23-33(65-46-44(59)41(48)43(58)29(4)64-46)16-14-12-10-8-6-5-7-9-11-13-15-17-34(52)27(2)42(26)57/h5-8,10,12-16,26-38,40-44,46,49-55,57-59,62H,9,11,17-25,48H2,1-4H3,(H,60,61)/b7-5+,8-6+,12-10+,15-13+,16-14+/t26-,27-,28-,29+,30+,31+,32+,33-,34?,35+,36+,37-,38-,40+,41-,42-,43+,44-,46-,47+/m0/s1. The van der Waals surface area contributed by atoms with Crippen molar-refractivity contribution in [2.75, 3.05) is 0 Å². The quantitative estimate of drug-likeness (QED) is 0.132. The van der Waals surface area contributed by atoms with Crippen molar-refractivity contribution >= 4 is 11.9 Å². The molecule has 3 heterocycles. The Morgan fingerprint density at radius 3 is 1.98 bits per heavy atom. The Kier molecular flexibility index (Phi) is 24.2. The average Bonchev–Trinajstić information content (AvgIpc) is 3.23. The lowest BCUT2D eigenvalue weighted by Crippen LogP contribution is -2.61. The molecule has 0 aromatic rings. The highest BCUT2D eigenvalue weighted by molar-refractivity contribution is 5.71. The molecule has 3 aliphatic heterocycles. The number of hydrogen-bond acceptors (Lipinski definition) is 18. The average molecular weight is 944 g/mol. The van der Waals surface area contributed by atoms with E-state index in [1.165, 1.54) is 13.0 Å². The molecule has 3 rings (SSSR count). The third-order valence-corrected chi connectivity index (χ3v) is 12.7. The van der Waals surface area contributed by atoms with Gasteiger partial charge in [-0.05, 0) is 58.8 Å². The van der Waals surface area contributed by atoms with Crippen molar-refractivity contribution in [1.82, 2.24) is 0 Å². The summed E-state index contributed by atoms with van der Waals surface area (Å²) in [6, 6.07) is -1.15. The van der Waals surface area contributed by atoms with Crippen molar-refractivity contribution in [3.8, 4) is 0 Å². The zero-order valence-corrected chi connectivity index (χ0v) is 38.4. The summed E-state index contributed by atoms with van der Waals surface area (Å²) in [5, 5.41) is 129. The van der Waals surface area contributed by atoms with Gasteiger partial charge in [-0.1, -0.05) is 74.6 Å². The molecule has 2 saturated heterocycles. The summed E-state index contributed by atoms with van der Waals surface area (Å²) in [5.41, 5.74) is 6.02. The van der Waals surface area contributed by atoms with Gasteiger partial charge in [0.25, 0.3) is 0 Å². The first-order valence-electron chi connectivity index (χ1n) is 23.0. The second-order valence-electron chi connectivity index (χ2n) is 18.3. The smallest absolute Gasteiger partial charge is 0.311 e. The van der Waals surface area contributed by atoms with Crippen LogP contribution in [0.4, 0.5) is 0 Å². The minimum absolute atomic E-state index is 0.152. The second kappa shape index (κ2) is 27.9. The normalized spacial score (nSPS) is 45.6. The molecule has 0 radical (unpaired) electrons. The van der Waals surface area contributed by atoms with Crippen LogP contribution in [0.2, 0.25) is 0 Å². The summed E-state index contributed by atoms with van der Waals surface area (Å²) in [5.74, 6) is -7.31. The molecule has 66 heavy (non-hydrogen) atoms. The summed E-state index contributed by atoms with van der Waals surface area (Å²) >= 11 is 0. The fraction of sp³-hybridized carbons (Fsp3) is 0.745. The first-order chi connectivity index (χ1) is 31.0. The monoisotopic (exact) mass is 944 g/mol. The highest BCUT2D eigenvalue weighted by atomic mass is 16.7. The van der Waals surface area contributed by atoms with Gasteiger partial charge < -0.3 is 86.0 Å². The van der Waals surface area contributed by atoms with Crippen LogP contribution in [-0.4, -0.2) is 177 Å². The Morgan fingerprint density at radius 1 is 0.682 bits per heavy atom. The number of fused-ring (bicyclic) bond motifs is 2. The van der Waals surface area contributed by atoms with Gasteiger partial charge in [-0.15, -0.1) is 0 Å². The molecule has 0 amide bonds. The summed E-state index contributed by atoms with van der Waals surface area (Å²) in [6.45, 7) is 6.51. The molecule has 0 saturated carbocycles. The zero-order valence-electron chi connectivity index (χ0n) is 38.4. The molecule has 19 nitrogen and oxygen atoms in total. The number of aliphatic hydroxyl groups excluding tert-OH is 10. The van der Waals surface area contributed by atoms with E-state index in [-0.39, 0.29) is 32.1 Å². The van der Waals surface area contributed by atoms with Crippen LogP contribution in [0.1, 0.15) is 98.3 Å². The molecule has 14 N–H and O–H groups in total. The van der Waals surface area contributed by atoms with E-state index in [9.17, 15) is 70.9 Å². The Morgan fingerprint density at radius 2 is 1.30 bits per heavy atom. The maximum absolute atomic E-state index is 12.6. The number of carboxylic acids is 1. The molecule has 0 aliphatic carbocycles. The molecular formula is C47H77NO18. The van der Waals surface area contributed by atoms with Gasteiger partial charge in [0.05, 0.1) is 85.7 Å². The number of allylic oxidation sites excluding steroid dienone is 8. The van der Waals surface area contributed by atoms with E-state index in [0.29, 0.717) is 19.3 Å². The van der Waals surface area contributed by atoms with Crippen LogP contribution in [0.25, 0.3) is 0 Å². The lowest BCUT2D eigenvalue weighted by molar-refractivity contribution is -0.310. The van der Waals surface area contributed by atoms with E-state index < -0.39 is 153 Å². The fourth-order valence-electron chi connectivity index (χ4n) is 8.38. The summed E-state index contributed by atoms with van der Waals surface area (Å²) in [4.78, 5) is 25.1. The van der Waals surface area contributed by atoms with Crippen LogP contribution in [-0.2, 0) is 28.5 Å². The number of hydrogen-bond donors (Lipinski definition) is 13. The molecule has 2 bridgehead atoms. The Balaban J connectivity index is 1.84. The van der Waals surface area contributed by atoms with Crippen LogP contribution in [0, 0.1) is 17.8 Å². The van der Waals surface area contributed by atoms with Crippen LogP contribution >= 0.6 is 0 Å². The number of carboxylic acid groups (broad SMARTS) is 1. The number of carbonyl (C=O) groups excluding carboxylic acids is 1. The van der Waals surface area contributed by atoms with Crippen LogP contribution in [0.3, 0.4) is 0 Å². The van der Waals surface area contributed by atoms with Gasteiger partial charge in [0, 0.05) is 31.1 Å². The number of nitrogens with two attached hydrogens (primary N) is 1. The zero-order chi connectivity index (χ0) is 49.3. The van der Waals surface area contributed by atoms with E-state index >= 15 is 0 Å². The number of aliphatic carboxylic acids is 1. The number of aliphatic hydroxyl groups is 11. The lowest BCUT2D eigenvalue weighted by Gasteiger charge is -2.45. The van der Waals surface area contributed by atoms with Crippen molar-refractivity contribution in [3.05, 3.63) is 60.8 Å². The third kappa shape index (κ3) is 18.5. The predicted octanol–water partition coefficient (Wildman–Crippen LogP) is 0.131. The van der Waals surface area contributed by atoms with Crippen LogP contribution in [0.5, 0.6) is 0 Å². The van der Waals surface area contributed by atoms with Gasteiger partial charge in [0.2, 0.25) is 0 Å². The van der Waals surface area contributed by atoms with E-state index in [1.54, 1.807) is 51.2 Å². The number of ether oxygens (including phenoxy) is 4. The SMILES string of the molecule is C[C@@H]1[C@H](O)[C@@H](C)C(O)C/C=C/CC/C=C/C=C/C=C/C=C/[C@H](O[C@@H]2O[C@H](C)[C@@H](O)[C@H](N)[C@@H]2O)C[C@@H]2O[C@](O)(C[C@@H](O)[C@H](O)CC[C@@H](O)C[C@@H](O)C[C@@H](O)CC(=O)O[C@H]1C)C[C@H](O)[C@H]2C(=O)O. The Bertz CT molecular complexity index is 1610. The highest BCUT2D eigenvalue weighted by Crippen LogP contribution is 2.38. The Labute approximate surface area is 387 Å². The molecule has 0 aromatic heterocycles. The maximum Gasteiger partial charge on any atom is 0.311 e. The second-order valence-corrected chi connectivity index (χ2v) is 18.3. The fourth-order valence-corrected chi connectivity index (χ4v) is 8.38. The first-order valence-corrected chi connectivity index (χ1v) is 23.0. The van der Waals surface area contributed by atoms with Gasteiger partial charge in [-0.3, -0.25) is 9.59 Å². The van der Waals surface area contributed by atoms with Gasteiger partial charge in [-0.2, -0.15) is 0 Å². The highest BCUT2D eigenvalue weighted by Gasteiger charge is 2.51. The lowest BCUT2D eigenvalue weighted by atomic mass is 9.82. The Hall–Kier alpha value is -2.96. The van der Waals surface area contributed by atoms with Crippen LogP contribution < -0.4 is 5.73 Å². The minimum Gasteiger partial charge on any atom is -0.481 e. The molecular weight excluding hydrogens is 867 g/mol. The number of carbonyl (C=O) groups is 2. The molecule has 1 unspecified atom stereocenters. The van der Waals surface area contributed by atoms with Crippen LogP contribution in [0.15, 0.2) is 60.8 Å². The maximum atomic E-state index is 12.6. The topological polar surface area (TPSA) is 340 Å². The first kappa shape index (κ1) is 57.4. The van der Waals surface area contributed by atoms with Gasteiger partial charge in [-0.25, -0.2) is 0 Å². The van der Waals surface area contributed by atoms with E-state index in [0.717, 1.165) is 0 Å². The van der Waals surface area contributed by atoms with Gasteiger partial charge in [0.15, 0.2) is 12.1 Å². The molecule has 2 fully saturated rings.